The maximum absolute atomic E-state index is 12.2. The van der Waals surface area contributed by atoms with E-state index in [0.717, 1.165) is 24.9 Å². The molecule has 110 valence electrons. The molecule has 0 aromatic carbocycles. The lowest BCUT2D eigenvalue weighted by Crippen LogP contribution is -2.51. The van der Waals surface area contributed by atoms with Gasteiger partial charge in [-0.2, -0.15) is 0 Å². The highest BCUT2D eigenvalue weighted by Crippen LogP contribution is 2.16. The second-order valence-corrected chi connectivity index (χ2v) is 4.94. The van der Waals surface area contributed by atoms with Crippen molar-refractivity contribution in [2.45, 2.75) is 18.9 Å². The molecule has 2 saturated heterocycles. The van der Waals surface area contributed by atoms with Gasteiger partial charge in [-0.15, -0.1) is 4.33 Å². The number of nitrogens with zero attached hydrogens (tertiary/aromatic N) is 2. The van der Waals surface area contributed by atoms with Crippen molar-refractivity contribution in [3.05, 3.63) is 0 Å². The average Bonchev–Trinajstić information content (AvgIpc) is 2.48. The number of carbonyl (C=O) groups is 1. The molecule has 0 bridgehead atoms. The molecule has 2 heterocycles. The fourth-order valence-electron chi connectivity index (χ4n) is 2.20. The number of likely N-dealkylation sites (tertiary alicyclic amines) is 1. The lowest BCUT2D eigenvalue weighted by atomic mass is 10.1. The van der Waals surface area contributed by atoms with Gasteiger partial charge in [0.25, 0.3) is 0 Å². The van der Waals surface area contributed by atoms with Gasteiger partial charge in [0.1, 0.15) is 0 Å². The molecule has 0 aromatic rings. The standard InChI is InChI=1S/C11H20N2O5S/c1-19-18-17-16-10-2-4-12(5-3-10)11(14)13-6-8-15-9-7-13/h10H,2-9H2,1H3. The highest BCUT2D eigenvalue weighted by Gasteiger charge is 2.28. The monoisotopic (exact) mass is 292 g/mol. The van der Waals surface area contributed by atoms with Crippen LogP contribution in [0.15, 0.2) is 0 Å². The molecule has 0 spiro atoms. The van der Waals surface area contributed by atoms with E-state index in [0.29, 0.717) is 39.4 Å². The van der Waals surface area contributed by atoms with Crippen molar-refractivity contribution in [3.8, 4) is 0 Å². The third-order valence-corrected chi connectivity index (χ3v) is 3.46. The summed E-state index contributed by atoms with van der Waals surface area (Å²) in [4.78, 5) is 21.0. The number of ether oxygens (including phenoxy) is 1. The Morgan fingerprint density at radius 3 is 2.42 bits per heavy atom. The van der Waals surface area contributed by atoms with Crippen LogP contribution in [0.5, 0.6) is 0 Å². The Bertz CT molecular complexity index is 280. The summed E-state index contributed by atoms with van der Waals surface area (Å²) < 4.78 is 9.84. The highest BCUT2D eigenvalue weighted by molar-refractivity contribution is 7.93. The summed E-state index contributed by atoms with van der Waals surface area (Å²) in [6, 6.07) is 0.100. The number of hydrogen-bond acceptors (Lipinski definition) is 6. The minimum Gasteiger partial charge on any atom is -0.378 e. The Labute approximate surface area is 117 Å². The van der Waals surface area contributed by atoms with E-state index in [4.69, 9.17) is 9.62 Å². The lowest BCUT2D eigenvalue weighted by molar-refractivity contribution is -0.479. The smallest absolute Gasteiger partial charge is 0.320 e. The van der Waals surface area contributed by atoms with Crippen LogP contribution in [0, 0.1) is 0 Å². The zero-order chi connectivity index (χ0) is 13.5. The Morgan fingerprint density at radius 1 is 1.16 bits per heavy atom. The van der Waals surface area contributed by atoms with E-state index in [9.17, 15) is 4.79 Å². The van der Waals surface area contributed by atoms with Gasteiger partial charge in [-0.25, -0.2) is 9.68 Å². The molecule has 19 heavy (non-hydrogen) atoms. The van der Waals surface area contributed by atoms with Crippen LogP contribution in [-0.4, -0.2) is 67.6 Å². The van der Waals surface area contributed by atoms with Crippen molar-refractivity contribution in [1.29, 1.82) is 0 Å². The minimum absolute atomic E-state index is 0.0131. The molecule has 0 aromatic heterocycles. The molecular weight excluding hydrogens is 272 g/mol. The molecule has 7 nitrogen and oxygen atoms in total. The summed E-state index contributed by atoms with van der Waals surface area (Å²) in [5.74, 6) is 0. The van der Waals surface area contributed by atoms with Crippen molar-refractivity contribution < 1.29 is 23.8 Å². The first kappa shape index (κ1) is 14.9. The van der Waals surface area contributed by atoms with Crippen LogP contribution in [0.1, 0.15) is 12.8 Å². The van der Waals surface area contributed by atoms with Crippen molar-refractivity contribution in [1.82, 2.24) is 9.80 Å². The second kappa shape index (κ2) is 7.91. The molecule has 2 rings (SSSR count). The summed E-state index contributed by atoms with van der Waals surface area (Å²) in [5, 5.41) is 4.57. The lowest BCUT2D eigenvalue weighted by Gasteiger charge is -2.36. The van der Waals surface area contributed by atoms with Gasteiger partial charge in [0.15, 0.2) is 0 Å². The topological polar surface area (TPSA) is 60.5 Å². The largest absolute Gasteiger partial charge is 0.378 e. The number of hydrogen-bond donors (Lipinski definition) is 0. The minimum atomic E-state index is -0.0131. The number of piperidine rings is 1. The Morgan fingerprint density at radius 2 is 1.79 bits per heavy atom. The average molecular weight is 292 g/mol. The molecule has 2 fully saturated rings. The molecule has 0 saturated carbocycles. The molecule has 2 aliphatic rings. The van der Waals surface area contributed by atoms with Gasteiger partial charge in [-0.1, -0.05) is 5.04 Å². The van der Waals surface area contributed by atoms with Crippen LogP contribution >= 0.6 is 12.0 Å². The predicted octanol–water partition coefficient (Wildman–Crippen LogP) is 1.06. The maximum atomic E-state index is 12.2. The van der Waals surface area contributed by atoms with E-state index >= 15 is 0 Å². The van der Waals surface area contributed by atoms with Crippen molar-refractivity contribution >= 4 is 18.1 Å². The number of amides is 2. The van der Waals surface area contributed by atoms with E-state index < -0.39 is 0 Å². The molecule has 0 unspecified atom stereocenters. The van der Waals surface area contributed by atoms with Crippen LogP contribution in [0.25, 0.3) is 0 Å². The number of carbonyl (C=O) groups excluding carboxylic acids is 1. The van der Waals surface area contributed by atoms with Gasteiger partial charge in [0, 0.05) is 44.5 Å². The summed E-state index contributed by atoms with van der Waals surface area (Å²) in [6.45, 7) is 3.99. The van der Waals surface area contributed by atoms with Crippen LogP contribution < -0.4 is 0 Å². The maximum Gasteiger partial charge on any atom is 0.320 e. The first-order valence-electron chi connectivity index (χ1n) is 6.45. The van der Waals surface area contributed by atoms with Crippen molar-refractivity contribution in [3.63, 3.8) is 0 Å². The van der Waals surface area contributed by atoms with Gasteiger partial charge in [0.2, 0.25) is 0 Å². The van der Waals surface area contributed by atoms with Crippen molar-refractivity contribution in [2.75, 3.05) is 45.6 Å². The Balaban J connectivity index is 1.68. The zero-order valence-corrected chi connectivity index (χ0v) is 11.9. The second-order valence-electron chi connectivity index (χ2n) is 4.47. The van der Waals surface area contributed by atoms with E-state index in [1.165, 1.54) is 0 Å². The van der Waals surface area contributed by atoms with Gasteiger partial charge in [0.05, 0.1) is 19.3 Å². The van der Waals surface area contributed by atoms with E-state index in [1.807, 2.05) is 9.80 Å². The molecule has 8 heteroatoms. The van der Waals surface area contributed by atoms with Gasteiger partial charge in [-0.05, 0) is 12.8 Å². The first-order valence-corrected chi connectivity index (χ1v) is 7.60. The summed E-state index contributed by atoms with van der Waals surface area (Å²) in [5.41, 5.74) is 0. The van der Waals surface area contributed by atoms with Crippen LogP contribution in [0.4, 0.5) is 4.79 Å². The molecule has 0 radical (unpaired) electrons. The normalized spacial score (nSPS) is 21.7. The summed E-state index contributed by atoms with van der Waals surface area (Å²) in [6.07, 6.45) is 3.25. The molecule has 2 aliphatic heterocycles. The van der Waals surface area contributed by atoms with Crippen LogP contribution in [0.3, 0.4) is 0 Å². The van der Waals surface area contributed by atoms with Gasteiger partial charge in [-0.3, -0.25) is 0 Å². The molecule has 0 N–H and O–H groups in total. The molecule has 0 aliphatic carbocycles. The van der Waals surface area contributed by atoms with E-state index in [-0.39, 0.29) is 12.1 Å². The fraction of sp³-hybridized carbons (Fsp3) is 0.909. The van der Waals surface area contributed by atoms with Crippen molar-refractivity contribution in [2.24, 2.45) is 0 Å². The molecule has 0 atom stereocenters. The van der Waals surface area contributed by atoms with Gasteiger partial charge < -0.3 is 14.5 Å². The Kier molecular flexibility index (Phi) is 6.18. The molecule has 2 amide bonds. The van der Waals surface area contributed by atoms with Gasteiger partial charge >= 0.3 is 6.03 Å². The van der Waals surface area contributed by atoms with Crippen LogP contribution in [0.2, 0.25) is 0 Å². The van der Waals surface area contributed by atoms with E-state index in [2.05, 4.69) is 9.37 Å². The third kappa shape index (κ3) is 4.50. The number of rotatable bonds is 4. The Hall–Kier alpha value is -0.540. The van der Waals surface area contributed by atoms with E-state index in [1.54, 1.807) is 6.26 Å². The zero-order valence-electron chi connectivity index (χ0n) is 11.1. The third-order valence-electron chi connectivity index (χ3n) is 3.27. The predicted molar refractivity (Wildman–Crippen MR) is 69.2 cm³/mol. The quantitative estimate of drug-likeness (QED) is 0.334. The van der Waals surface area contributed by atoms with Crippen LogP contribution in [-0.2, 0) is 19.0 Å². The summed E-state index contributed by atoms with van der Waals surface area (Å²) in [7, 11) is 0. The number of morpholine rings is 1. The highest BCUT2D eigenvalue weighted by atomic mass is 32.2. The fourth-order valence-corrected chi connectivity index (χ4v) is 2.28. The summed E-state index contributed by atoms with van der Waals surface area (Å²) >= 11 is 1.08. The number of urea groups is 1. The molecular formula is C11H20N2O5S. The first-order chi connectivity index (χ1) is 9.31. The SMILES string of the molecule is CSOOOC1CCN(C(=O)N2CCOCC2)CC1.